The van der Waals surface area contributed by atoms with Crippen molar-refractivity contribution in [3.05, 3.63) is 17.5 Å². The minimum atomic E-state index is -1.52. The topological polar surface area (TPSA) is 145 Å². The molecule has 22 heavy (non-hydrogen) atoms. The maximum Gasteiger partial charge on any atom is 0.315 e. The number of carbonyl (C=O) groups is 3. The fraction of sp³-hybridized carbons (Fsp3) is 0.538. The number of aromatic nitrogens is 2. The van der Waals surface area contributed by atoms with Crippen LogP contribution in [0.2, 0.25) is 0 Å². The summed E-state index contributed by atoms with van der Waals surface area (Å²) >= 11 is 0. The minimum Gasteiger partial charge on any atom is -0.367 e. The van der Waals surface area contributed by atoms with E-state index in [2.05, 4.69) is 15.7 Å². The summed E-state index contributed by atoms with van der Waals surface area (Å²) in [7, 11) is 0. The molecule has 1 atom stereocenters. The van der Waals surface area contributed by atoms with E-state index in [1.165, 1.54) is 0 Å². The molecule has 1 heterocycles. The van der Waals surface area contributed by atoms with Crippen LogP contribution in [0.5, 0.6) is 0 Å². The summed E-state index contributed by atoms with van der Waals surface area (Å²) in [6, 6.07) is -0.230. The van der Waals surface area contributed by atoms with E-state index in [1.54, 1.807) is 0 Å². The quantitative estimate of drug-likeness (QED) is 0.467. The molecule has 122 valence electrons. The van der Waals surface area contributed by atoms with Crippen LogP contribution < -0.4 is 22.1 Å². The summed E-state index contributed by atoms with van der Waals surface area (Å²) in [5.74, 6) is -1.90. The Hall–Kier alpha value is -2.58. The van der Waals surface area contributed by atoms with Gasteiger partial charge in [0, 0.05) is 18.8 Å². The van der Waals surface area contributed by atoms with Gasteiger partial charge in [-0.25, -0.2) is 4.79 Å². The molecular formula is C13H22N6O3. The number of nitrogens with zero attached hydrogens (tertiary/aromatic N) is 2. The Morgan fingerprint density at radius 2 is 1.86 bits per heavy atom. The molecule has 1 aromatic heterocycles. The first kappa shape index (κ1) is 17.5. The van der Waals surface area contributed by atoms with Crippen LogP contribution in [0.4, 0.5) is 4.79 Å². The van der Waals surface area contributed by atoms with Gasteiger partial charge in [0.1, 0.15) is 0 Å². The molecule has 9 nitrogen and oxygen atoms in total. The van der Waals surface area contributed by atoms with Crippen molar-refractivity contribution in [1.29, 1.82) is 0 Å². The van der Waals surface area contributed by atoms with E-state index in [1.807, 2.05) is 31.5 Å². The summed E-state index contributed by atoms with van der Waals surface area (Å²) in [5, 5.41) is 9.03. The lowest BCUT2D eigenvalue weighted by Crippen LogP contribution is -2.55. The third kappa shape index (κ3) is 5.08. The van der Waals surface area contributed by atoms with Crippen molar-refractivity contribution in [1.82, 2.24) is 20.4 Å². The number of hydrogen-bond donors (Lipinski definition) is 4. The standard InChI is InChI=1S/C13H22N6O3/c1-7(6-19-9(3)4-8(2)18-19)5-16-13(22)17-10(11(14)20)12(15)21/h4,7,10H,5-6H2,1-3H3,(H2,14,20)(H2,15,21)(H2,16,17,22)/t7-/m1/s1. The van der Waals surface area contributed by atoms with Crippen LogP contribution >= 0.6 is 0 Å². The molecular weight excluding hydrogens is 288 g/mol. The second kappa shape index (κ2) is 7.43. The summed E-state index contributed by atoms with van der Waals surface area (Å²) in [6.45, 7) is 6.78. The first-order valence-electron chi connectivity index (χ1n) is 6.84. The highest BCUT2D eigenvalue weighted by Gasteiger charge is 2.23. The van der Waals surface area contributed by atoms with Gasteiger partial charge >= 0.3 is 6.03 Å². The summed E-state index contributed by atoms with van der Waals surface area (Å²) in [4.78, 5) is 33.6. The average molecular weight is 310 g/mol. The molecule has 0 aliphatic carbocycles. The highest BCUT2D eigenvalue weighted by atomic mass is 16.2. The minimum absolute atomic E-state index is 0.101. The molecule has 6 N–H and O–H groups in total. The largest absolute Gasteiger partial charge is 0.367 e. The molecule has 1 rings (SSSR count). The van der Waals surface area contributed by atoms with E-state index < -0.39 is 23.9 Å². The number of rotatable bonds is 7. The second-order valence-corrected chi connectivity index (χ2v) is 5.31. The second-order valence-electron chi connectivity index (χ2n) is 5.31. The number of aryl methyl sites for hydroxylation is 2. The van der Waals surface area contributed by atoms with Crippen LogP contribution in [-0.2, 0) is 16.1 Å². The highest BCUT2D eigenvalue weighted by Crippen LogP contribution is 2.05. The van der Waals surface area contributed by atoms with Crippen molar-refractivity contribution in [2.45, 2.75) is 33.4 Å². The zero-order valence-corrected chi connectivity index (χ0v) is 12.9. The number of hydrogen-bond acceptors (Lipinski definition) is 4. The van der Waals surface area contributed by atoms with Gasteiger partial charge in [0.15, 0.2) is 6.04 Å². The molecule has 0 unspecified atom stereocenters. The van der Waals surface area contributed by atoms with Crippen molar-refractivity contribution in [3.63, 3.8) is 0 Å². The van der Waals surface area contributed by atoms with E-state index in [9.17, 15) is 14.4 Å². The van der Waals surface area contributed by atoms with Gasteiger partial charge in [-0.3, -0.25) is 14.3 Å². The first-order valence-corrected chi connectivity index (χ1v) is 6.84. The fourth-order valence-corrected chi connectivity index (χ4v) is 1.95. The Morgan fingerprint density at radius 1 is 1.27 bits per heavy atom. The van der Waals surface area contributed by atoms with E-state index >= 15 is 0 Å². The van der Waals surface area contributed by atoms with Gasteiger partial charge < -0.3 is 22.1 Å². The molecule has 0 aliphatic heterocycles. The third-order valence-corrected chi connectivity index (χ3v) is 3.04. The Labute approximate surface area is 128 Å². The number of primary amides is 2. The molecule has 9 heteroatoms. The number of carbonyl (C=O) groups excluding carboxylic acids is 3. The molecule has 0 bridgehead atoms. The van der Waals surface area contributed by atoms with Gasteiger partial charge in [-0.2, -0.15) is 5.10 Å². The molecule has 0 saturated carbocycles. The molecule has 0 fully saturated rings. The van der Waals surface area contributed by atoms with Crippen LogP contribution in [0.15, 0.2) is 6.07 Å². The molecule has 0 spiro atoms. The number of urea groups is 1. The van der Waals surface area contributed by atoms with Gasteiger partial charge in [-0.15, -0.1) is 0 Å². The maximum atomic E-state index is 11.6. The molecule has 4 amide bonds. The SMILES string of the molecule is Cc1cc(C)n(C[C@H](C)CNC(=O)NC(C(N)=O)C(N)=O)n1. The van der Waals surface area contributed by atoms with Gasteiger partial charge in [-0.1, -0.05) is 6.92 Å². The summed E-state index contributed by atoms with van der Waals surface area (Å²) < 4.78 is 1.86. The van der Waals surface area contributed by atoms with Crippen molar-refractivity contribution in [2.75, 3.05) is 6.54 Å². The molecule has 0 radical (unpaired) electrons. The molecule has 1 aromatic rings. The Balaban J connectivity index is 2.45. The summed E-state index contributed by atoms with van der Waals surface area (Å²) in [5.41, 5.74) is 11.9. The van der Waals surface area contributed by atoms with Crippen LogP contribution in [0, 0.1) is 19.8 Å². The normalized spacial score (nSPS) is 12.0. The van der Waals surface area contributed by atoms with Gasteiger partial charge in [0.05, 0.1) is 5.69 Å². The fourth-order valence-electron chi connectivity index (χ4n) is 1.95. The first-order chi connectivity index (χ1) is 10.2. The lowest BCUT2D eigenvalue weighted by molar-refractivity contribution is -0.128. The van der Waals surface area contributed by atoms with Crippen LogP contribution in [0.25, 0.3) is 0 Å². The Morgan fingerprint density at radius 3 is 2.32 bits per heavy atom. The van der Waals surface area contributed by atoms with Crippen molar-refractivity contribution in [3.8, 4) is 0 Å². The van der Waals surface area contributed by atoms with E-state index in [-0.39, 0.29) is 5.92 Å². The number of amides is 4. The van der Waals surface area contributed by atoms with Crippen molar-refractivity contribution < 1.29 is 14.4 Å². The molecule has 0 saturated heterocycles. The summed E-state index contributed by atoms with van der Waals surface area (Å²) in [6.07, 6.45) is 0. The smallest absolute Gasteiger partial charge is 0.315 e. The lowest BCUT2D eigenvalue weighted by Gasteiger charge is -2.16. The zero-order chi connectivity index (χ0) is 16.9. The zero-order valence-electron chi connectivity index (χ0n) is 12.9. The van der Waals surface area contributed by atoms with E-state index in [4.69, 9.17) is 11.5 Å². The van der Waals surface area contributed by atoms with Gasteiger partial charge in [0.2, 0.25) is 11.8 Å². The third-order valence-electron chi connectivity index (χ3n) is 3.04. The lowest BCUT2D eigenvalue weighted by atomic mass is 10.2. The molecule has 0 aliphatic rings. The Kier molecular flexibility index (Phi) is 5.90. The van der Waals surface area contributed by atoms with Crippen LogP contribution in [0.1, 0.15) is 18.3 Å². The highest BCUT2D eigenvalue weighted by molar-refractivity contribution is 6.05. The van der Waals surface area contributed by atoms with Crippen molar-refractivity contribution in [2.24, 2.45) is 17.4 Å². The average Bonchev–Trinajstić information content (AvgIpc) is 2.71. The van der Waals surface area contributed by atoms with Gasteiger partial charge in [-0.05, 0) is 25.8 Å². The van der Waals surface area contributed by atoms with E-state index in [0.29, 0.717) is 13.1 Å². The maximum absolute atomic E-state index is 11.6. The monoisotopic (exact) mass is 310 g/mol. The predicted octanol–water partition coefficient (Wildman–Crippen LogP) is -1.23. The molecule has 0 aromatic carbocycles. The van der Waals surface area contributed by atoms with Gasteiger partial charge in [0.25, 0.3) is 0 Å². The van der Waals surface area contributed by atoms with Crippen molar-refractivity contribution >= 4 is 17.8 Å². The predicted molar refractivity (Wildman–Crippen MR) is 79.6 cm³/mol. The Bertz CT molecular complexity index is 554. The van der Waals surface area contributed by atoms with Crippen LogP contribution in [0.3, 0.4) is 0 Å². The van der Waals surface area contributed by atoms with E-state index in [0.717, 1.165) is 11.4 Å². The number of nitrogens with one attached hydrogen (secondary N) is 2. The van der Waals surface area contributed by atoms with Crippen LogP contribution in [-0.4, -0.2) is 40.2 Å². The number of nitrogens with two attached hydrogens (primary N) is 2.